The lowest BCUT2D eigenvalue weighted by Crippen LogP contribution is -2.45. The molecule has 1 aliphatic carbocycles. The number of aromatic amines is 1. The Labute approximate surface area is 245 Å². The third-order valence-electron chi connectivity index (χ3n) is 8.94. The van der Waals surface area contributed by atoms with Gasteiger partial charge in [-0.15, -0.1) is 0 Å². The van der Waals surface area contributed by atoms with Crippen LogP contribution < -0.4 is 16.0 Å². The maximum atomic E-state index is 14.6. The number of hydrogen-bond donors (Lipinski definition) is 4. The molecule has 42 heavy (non-hydrogen) atoms. The van der Waals surface area contributed by atoms with Gasteiger partial charge in [-0.05, 0) is 84.3 Å². The van der Waals surface area contributed by atoms with Crippen LogP contribution in [-0.2, 0) is 0 Å². The Balaban J connectivity index is 1.31. The van der Waals surface area contributed by atoms with Crippen LogP contribution in [-0.4, -0.2) is 41.2 Å². The molecule has 6 rings (SSSR count). The molecule has 216 valence electrons. The minimum atomic E-state index is -1.13. The van der Waals surface area contributed by atoms with Crippen molar-refractivity contribution in [3.05, 3.63) is 114 Å². The highest BCUT2D eigenvalue weighted by Gasteiger charge is 2.43. The minimum absolute atomic E-state index is 0.281. The zero-order chi connectivity index (χ0) is 29.4. The Bertz CT molecular complexity index is 1630. The normalized spacial score (nSPS) is 21.8. The van der Waals surface area contributed by atoms with Crippen molar-refractivity contribution in [2.24, 2.45) is 11.1 Å². The van der Waals surface area contributed by atoms with Crippen LogP contribution in [0.25, 0.3) is 22.0 Å². The van der Waals surface area contributed by atoms with Crippen molar-refractivity contribution in [1.82, 2.24) is 10.3 Å². The number of H-pyrrole nitrogens is 1. The van der Waals surface area contributed by atoms with Crippen LogP contribution in [0.2, 0.25) is 0 Å². The number of aliphatic hydroxyl groups is 1. The van der Waals surface area contributed by atoms with E-state index in [-0.39, 0.29) is 11.9 Å². The number of nitrogens with zero attached hydrogens (tertiary/aromatic N) is 1. The number of anilines is 1. The summed E-state index contributed by atoms with van der Waals surface area (Å²) in [6.07, 6.45) is 5.07. The van der Waals surface area contributed by atoms with E-state index in [0.717, 1.165) is 53.5 Å². The highest BCUT2D eigenvalue weighted by Crippen LogP contribution is 2.43. The molecule has 1 aliphatic heterocycles. The molecule has 3 aromatic carbocycles. The topological polar surface area (TPSA) is 94.4 Å². The third kappa shape index (κ3) is 5.26. The van der Waals surface area contributed by atoms with Crippen LogP contribution in [0.1, 0.15) is 47.4 Å². The molecule has 2 heterocycles. The van der Waals surface area contributed by atoms with Gasteiger partial charge < -0.3 is 26.0 Å². The predicted molar refractivity (Wildman–Crippen MR) is 167 cm³/mol. The first-order chi connectivity index (χ1) is 20.2. The van der Waals surface area contributed by atoms with Crippen molar-refractivity contribution < 1.29 is 14.3 Å². The summed E-state index contributed by atoms with van der Waals surface area (Å²) in [7, 11) is 0. The lowest BCUT2D eigenvalue weighted by molar-refractivity contribution is 0.0647. The fourth-order valence-electron chi connectivity index (χ4n) is 6.31. The van der Waals surface area contributed by atoms with E-state index in [1.54, 1.807) is 13.0 Å². The van der Waals surface area contributed by atoms with Gasteiger partial charge in [0, 0.05) is 47.0 Å². The third-order valence-corrected chi connectivity index (χ3v) is 8.94. The molecule has 0 spiro atoms. The Morgan fingerprint density at radius 2 is 1.83 bits per heavy atom. The van der Waals surface area contributed by atoms with Crippen LogP contribution in [0, 0.1) is 12.3 Å². The van der Waals surface area contributed by atoms with Gasteiger partial charge >= 0.3 is 0 Å². The summed E-state index contributed by atoms with van der Waals surface area (Å²) < 4.78 is 14.6. The number of aromatic nitrogens is 1. The zero-order valence-corrected chi connectivity index (χ0v) is 24.0. The second-order valence-electron chi connectivity index (χ2n) is 11.8. The molecular weight excluding hydrogens is 527 g/mol. The summed E-state index contributed by atoms with van der Waals surface area (Å²) >= 11 is 0. The number of fused-ring (bicyclic) bond motifs is 1. The summed E-state index contributed by atoms with van der Waals surface area (Å²) in [5, 5.41) is 15.2. The molecule has 6 nitrogen and oxygen atoms in total. The molecule has 3 atom stereocenters. The van der Waals surface area contributed by atoms with Crippen LogP contribution in [0.3, 0.4) is 0 Å². The molecular formula is C35H37FN4O2. The molecule has 0 bridgehead atoms. The first-order valence-electron chi connectivity index (χ1n) is 14.6. The largest absolute Gasteiger partial charge is 0.388 e. The number of hydrogen-bond acceptors (Lipinski definition) is 4. The number of allylic oxidation sites excluding steroid dienone is 2. The summed E-state index contributed by atoms with van der Waals surface area (Å²) in [5.41, 5.74) is 11.1. The molecule has 0 radical (unpaired) electrons. The Kier molecular flexibility index (Phi) is 7.47. The molecule has 0 saturated carbocycles. The number of amides is 1. The maximum Gasteiger partial charge on any atom is 0.252 e. The van der Waals surface area contributed by atoms with Crippen molar-refractivity contribution >= 4 is 22.5 Å². The number of nitrogens with one attached hydrogen (secondary N) is 2. The van der Waals surface area contributed by atoms with Gasteiger partial charge in [0.25, 0.3) is 5.91 Å². The van der Waals surface area contributed by atoms with Gasteiger partial charge in [-0.25, -0.2) is 4.39 Å². The van der Waals surface area contributed by atoms with Gasteiger partial charge in [-0.3, -0.25) is 4.79 Å². The number of halogens is 1. The van der Waals surface area contributed by atoms with E-state index in [0.29, 0.717) is 11.3 Å². The average molecular weight is 565 g/mol. The quantitative estimate of drug-likeness (QED) is 0.220. The van der Waals surface area contributed by atoms with Gasteiger partial charge in [-0.2, -0.15) is 0 Å². The van der Waals surface area contributed by atoms with E-state index < -0.39 is 23.4 Å². The Morgan fingerprint density at radius 3 is 2.57 bits per heavy atom. The fraction of sp³-hybridized carbons (Fsp3) is 0.286. The van der Waals surface area contributed by atoms with Crippen LogP contribution >= 0.6 is 0 Å². The summed E-state index contributed by atoms with van der Waals surface area (Å²) in [5.74, 6) is -0.747. The van der Waals surface area contributed by atoms with Crippen molar-refractivity contribution in [2.45, 2.75) is 44.9 Å². The number of carbonyl (C=O) groups excluding carboxylic acids is 1. The minimum Gasteiger partial charge on any atom is -0.388 e. The molecule has 5 N–H and O–H groups in total. The first-order valence-corrected chi connectivity index (χ1v) is 14.6. The van der Waals surface area contributed by atoms with Gasteiger partial charge in [0.2, 0.25) is 0 Å². The Hall–Kier alpha value is -4.20. The predicted octanol–water partition coefficient (Wildman–Crippen LogP) is 6.33. The zero-order valence-electron chi connectivity index (χ0n) is 24.0. The smallest absolute Gasteiger partial charge is 0.252 e. The van der Waals surface area contributed by atoms with E-state index in [9.17, 15) is 14.3 Å². The highest BCUT2D eigenvalue weighted by molar-refractivity contribution is 5.98. The summed E-state index contributed by atoms with van der Waals surface area (Å²) in [4.78, 5) is 19.7. The van der Waals surface area contributed by atoms with Gasteiger partial charge in [0.15, 0.2) is 0 Å². The lowest BCUT2D eigenvalue weighted by atomic mass is 9.73. The van der Waals surface area contributed by atoms with E-state index >= 15 is 0 Å². The molecule has 7 heteroatoms. The number of benzene rings is 3. The number of para-hydroxylation sites is 1. The Morgan fingerprint density at radius 1 is 1.10 bits per heavy atom. The van der Waals surface area contributed by atoms with Crippen molar-refractivity contribution in [3.63, 3.8) is 0 Å². The number of nitrogens with two attached hydrogens (primary N) is 1. The van der Waals surface area contributed by atoms with E-state index in [4.69, 9.17) is 5.73 Å². The SMILES string of the molecule is Cc1c(C(=O)N[C@@H](c2cc3ccccc3[nH]2)C2(C)C=C(F)C=CC2O)cccc1-c1ccc(N2CCC(N)CC2)cc1. The lowest BCUT2D eigenvalue weighted by Gasteiger charge is -2.39. The number of piperidine rings is 1. The average Bonchev–Trinajstić information content (AvgIpc) is 3.42. The second kappa shape index (κ2) is 11.2. The molecule has 1 fully saturated rings. The molecule has 2 aliphatic rings. The van der Waals surface area contributed by atoms with Gasteiger partial charge in [-0.1, -0.05) is 55.5 Å². The van der Waals surface area contributed by atoms with Crippen LogP contribution in [0.15, 0.2) is 96.9 Å². The second-order valence-corrected chi connectivity index (χ2v) is 11.8. The fourth-order valence-corrected chi connectivity index (χ4v) is 6.31. The maximum absolute atomic E-state index is 14.6. The van der Waals surface area contributed by atoms with Gasteiger partial charge in [0.1, 0.15) is 5.83 Å². The summed E-state index contributed by atoms with van der Waals surface area (Å²) in [6, 6.07) is 23.5. The van der Waals surface area contributed by atoms with Crippen LogP contribution in [0.4, 0.5) is 10.1 Å². The molecule has 1 saturated heterocycles. The van der Waals surface area contributed by atoms with E-state index in [2.05, 4.69) is 39.5 Å². The number of aliphatic hydroxyl groups excluding tert-OH is 1. The van der Waals surface area contributed by atoms with Crippen molar-refractivity contribution in [3.8, 4) is 11.1 Å². The molecule has 2 unspecified atom stereocenters. The first kappa shape index (κ1) is 27.9. The van der Waals surface area contributed by atoms with Crippen LogP contribution in [0.5, 0.6) is 0 Å². The van der Waals surface area contributed by atoms with Crippen molar-refractivity contribution in [1.29, 1.82) is 0 Å². The monoisotopic (exact) mass is 564 g/mol. The number of carbonyl (C=O) groups is 1. The highest BCUT2D eigenvalue weighted by atomic mass is 19.1. The van der Waals surface area contributed by atoms with E-state index in [1.165, 1.54) is 23.9 Å². The van der Waals surface area contributed by atoms with E-state index in [1.807, 2.05) is 49.4 Å². The molecule has 1 amide bonds. The molecule has 1 aromatic heterocycles. The van der Waals surface area contributed by atoms with Crippen molar-refractivity contribution in [2.75, 3.05) is 18.0 Å². The van der Waals surface area contributed by atoms with Gasteiger partial charge in [0.05, 0.1) is 12.1 Å². The standard InChI is InChI=1S/C35H37FN4O2/c1-22-28(23-10-13-27(14-11-23)40-18-16-26(37)17-19-40)7-5-8-29(22)34(42)39-33(35(2)21-25(36)12-15-32(35)41)31-20-24-6-3-4-9-30(24)38-31/h3-15,20-21,26,32-33,38,41H,16-19,37H2,1-2H3,(H,39,42)/t32?,33-,35?/m0/s1. The summed E-state index contributed by atoms with van der Waals surface area (Å²) in [6.45, 7) is 5.62. The number of rotatable bonds is 6. The molecule has 4 aromatic rings.